The molecule has 7 nitrogen and oxygen atoms in total. The second-order valence-electron chi connectivity index (χ2n) is 9.19. The molecule has 1 fully saturated rings. The average Bonchev–Trinajstić information content (AvgIpc) is 3.36. The molecule has 0 bridgehead atoms. The van der Waals surface area contributed by atoms with Gasteiger partial charge in [-0.25, -0.2) is 4.52 Å². The minimum absolute atomic E-state index is 0.0373. The maximum Gasteiger partial charge on any atom is 0.253 e. The fraction of sp³-hybridized carbons (Fsp3) is 0.267. The molecule has 7 heteroatoms. The van der Waals surface area contributed by atoms with Gasteiger partial charge < -0.3 is 9.64 Å². The van der Waals surface area contributed by atoms with Crippen LogP contribution in [0.1, 0.15) is 46.9 Å². The molecule has 5 rings (SSSR count). The van der Waals surface area contributed by atoms with E-state index in [0.29, 0.717) is 29.4 Å². The topological polar surface area (TPSA) is 83.5 Å². The van der Waals surface area contributed by atoms with Gasteiger partial charge >= 0.3 is 0 Å². The molecule has 0 radical (unpaired) electrons. The summed E-state index contributed by atoms with van der Waals surface area (Å²) in [4.78, 5) is 19.6. The number of carbonyl (C=O) groups is 1. The molecule has 0 atom stereocenters. The summed E-state index contributed by atoms with van der Waals surface area (Å²) >= 11 is 0. The maximum atomic E-state index is 12.9. The van der Waals surface area contributed by atoms with E-state index in [1.54, 1.807) is 23.0 Å². The van der Waals surface area contributed by atoms with Crippen LogP contribution in [0.4, 0.5) is 0 Å². The molecular formula is C30H27N5O2. The number of likely N-dealkylation sites (tertiary alicyclic amines) is 1. The van der Waals surface area contributed by atoms with E-state index in [1.165, 1.54) is 0 Å². The Balaban J connectivity index is 1.27. The minimum Gasteiger partial charge on any atom is -0.492 e. The van der Waals surface area contributed by atoms with Crippen LogP contribution in [0.5, 0.6) is 5.75 Å². The first kappa shape index (κ1) is 24.1. The molecule has 37 heavy (non-hydrogen) atoms. The number of ether oxygens (including phenoxy) is 1. The summed E-state index contributed by atoms with van der Waals surface area (Å²) in [5.41, 5.74) is 5.40. The van der Waals surface area contributed by atoms with Gasteiger partial charge in [0, 0.05) is 47.2 Å². The summed E-state index contributed by atoms with van der Waals surface area (Å²) < 4.78 is 7.39. The van der Waals surface area contributed by atoms with Crippen molar-refractivity contribution in [3.05, 3.63) is 83.4 Å². The number of terminal acetylenes is 1. The highest BCUT2D eigenvalue weighted by molar-refractivity contribution is 5.94. The van der Waals surface area contributed by atoms with Crippen molar-refractivity contribution in [2.24, 2.45) is 5.92 Å². The summed E-state index contributed by atoms with van der Waals surface area (Å²) in [7, 11) is 0. The third-order valence-corrected chi connectivity index (χ3v) is 6.83. The van der Waals surface area contributed by atoms with Crippen LogP contribution in [0.15, 0.2) is 61.1 Å². The van der Waals surface area contributed by atoms with Gasteiger partial charge in [0.1, 0.15) is 11.8 Å². The SMILES string of the molecule is C#Cc1cccc(C(=O)N2CCC(Cc3ccc(-c4cc(OCC)cn5ncc(C#N)c45)cn3)CC2)c1. The highest BCUT2D eigenvalue weighted by Crippen LogP contribution is 2.31. The largest absolute Gasteiger partial charge is 0.492 e. The lowest BCUT2D eigenvalue weighted by Gasteiger charge is -2.32. The summed E-state index contributed by atoms with van der Waals surface area (Å²) in [5, 5.41) is 13.9. The van der Waals surface area contributed by atoms with Crippen molar-refractivity contribution in [1.29, 1.82) is 5.26 Å². The van der Waals surface area contributed by atoms with Gasteiger partial charge in [-0.2, -0.15) is 10.4 Å². The first-order chi connectivity index (χ1) is 18.1. The second kappa shape index (κ2) is 10.6. The van der Waals surface area contributed by atoms with Crippen molar-refractivity contribution < 1.29 is 9.53 Å². The van der Waals surface area contributed by atoms with E-state index in [2.05, 4.69) is 17.1 Å². The molecule has 1 saturated heterocycles. The molecule has 0 saturated carbocycles. The quantitative estimate of drug-likeness (QED) is 0.365. The number of piperidine rings is 1. The molecule has 0 spiro atoms. The maximum absolute atomic E-state index is 12.9. The van der Waals surface area contributed by atoms with Gasteiger partial charge in [0.25, 0.3) is 5.91 Å². The number of hydrogen-bond donors (Lipinski definition) is 0. The number of benzene rings is 1. The van der Waals surface area contributed by atoms with Crippen LogP contribution < -0.4 is 4.74 Å². The fourth-order valence-corrected chi connectivity index (χ4v) is 4.91. The van der Waals surface area contributed by atoms with Crippen LogP contribution in [0, 0.1) is 29.6 Å². The summed E-state index contributed by atoms with van der Waals surface area (Å²) in [5.74, 6) is 3.78. The smallest absolute Gasteiger partial charge is 0.253 e. The predicted molar refractivity (Wildman–Crippen MR) is 141 cm³/mol. The molecule has 0 N–H and O–H groups in total. The van der Waals surface area contributed by atoms with Crippen molar-refractivity contribution in [3.63, 3.8) is 0 Å². The molecule has 3 aromatic heterocycles. The van der Waals surface area contributed by atoms with Crippen LogP contribution in [0.3, 0.4) is 0 Å². The first-order valence-corrected chi connectivity index (χ1v) is 12.4. The van der Waals surface area contributed by atoms with Crippen LogP contribution >= 0.6 is 0 Å². The molecule has 0 aliphatic carbocycles. The summed E-state index contributed by atoms with van der Waals surface area (Å²) in [6, 6.07) is 15.5. The first-order valence-electron chi connectivity index (χ1n) is 12.4. The normalized spacial score (nSPS) is 13.8. The molecule has 1 aliphatic heterocycles. The number of aromatic nitrogens is 3. The lowest BCUT2D eigenvalue weighted by molar-refractivity contribution is 0.0690. The third kappa shape index (κ3) is 5.03. The van der Waals surface area contributed by atoms with Crippen LogP contribution in [0.2, 0.25) is 0 Å². The lowest BCUT2D eigenvalue weighted by atomic mass is 9.91. The van der Waals surface area contributed by atoms with Crippen LogP contribution in [-0.2, 0) is 6.42 Å². The Morgan fingerprint density at radius 3 is 2.73 bits per heavy atom. The minimum atomic E-state index is 0.0373. The Labute approximate surface area is 216 Å². The highest BCUT2D eigenvalue weighted by Gasteiger charge is 2.24. The lowest BCUT2D eigenvalue weighted by Crippen LogP contribution is -2.39. The average molecular weight is 490 g/mol. The molecule has 4 aromatic rings. The number of pyridine rings is 2. The zero-order valence-electron chi connectivity index (χ0n) is 20.7. The third-order valence-electron chi connectivity index (χ3n) is 6.83. The van der Waals surface area contributed by atoms with E-state index in [-0.39, 0.29) is 5.91 Å². The Bertz CT molecular complexity index is 1520. The number of nitrogens with zero attached hydrogens (tertiary/aromatic N) is 5. The standard InChI is InChI=1S/C30H27N5O2/c1-3-21-6-5-7-23(14-21)30(36)34-12-10-22(11-13-34)15-26-9-8-24(18-32-26)28-16-27(37-4-2)20-35-29(28)25(17-31)19-33-35/h1,5-9,14,16,18-20,22H,4,10-13,15H2,2H3. The van der Waals surface area contributed by atoms with Crippen molar-refractivity contribution in [1.82, 2.24) is 19.5 Å². The Hall–Kier alpha value is -4.62. The van der Waals surface area contributed by atoms with E-state index < -0.39 is 0 Å². The Morgan fingerprint density at radius 1 is 1.19 bits per heavy atom. The molecule has 1 aliphatic rings. The number of fused-ring (bicyclic) bond motifs is 1. The van der Waals surface area contributed by atoms with E-state index >= 15 is 0 Å². The van der Waals surface area contributed by atoms with Gasteiger partial charge in [-0.15, -0.1) is 6.42 Å². The summed E-state index contributed by atoms with van der Waals surface area (Å²) in [6.45, 7) is 3.92. The number of nitriles is 1. The van der Waals surface area contributed by atoms with Gasteiger partial charge in [0.05, 0.1) is 30.1 Å². The molecular weight excluding hydrogens is 462 g/mol. The molecule has 1 aromatic carbocycles. The molecule has 184 valence electrons. The fourth-order valence-electron chi connectivity index (χ4n) is 4.91. The number of rotatable bonds is 6. The van der Waals surface area contributed by atoms with Crippen LogP contribution in [0.25, 0.3) is 16.6 Å². The van der Waals surface area contributed by atoms with Crippen molar-refractivity contribution >= 4 is 11.4 Å². The number of amides is 1. The van der Waals surface area contributed by atoms with E-state index in [4.69, 9.17) is 16.1 Å². The van der Waals surface area contributed by atoms with Gasteiger partial charge in [0.2, 0.25) is 0 Å². The Kier molecular flexibility index (Phi) is 6.87. The number of hydrogen-bond acceptors (Lipinski definition) is 5. The monoisotopic (exact) mass is 489 g/mol. The van der Waals surface area contributed by atoms with Gasteiger partial charge in [0.15, 0.2) is 0 Å². The molecule has 0 unspecified atom stereocenters. The highest BCUT2D eigenvalue weighted by atomic mass is 16.5. The summed E-state index contributed by atoms with van der Waals surface area (Å²) in [6.07, 6.45) is 13.4. The zero-order chi connectivity index (χ0) is 25.8. The predicted octanol–water partition coefficient (Wildman–Crippen LogP) is 4.74. The second-order valence-corrected chi connectivity index (χ2v) is 9.19. The van der Waals surface area contributed by atoms with Crippen LogP contribution in [-0.4, -0.2) is 45.1 Å². The van der Waals surface area contributed by atoms with Gasteiger partial charge in [-0.3, -0.25) is 9.78 Å². The Morgan fingerprint density at radius 2 is 2.03 bits per heavy atom. The van der Waals surface area contributed by atoms with Gasteiger partial charge in [-0.1, -0.05) is 18.1 Å². The zero-order valence-corrected chi connectivity index (χ0v) is 20.7. The molecule has 4 heterocycles. The molecule has 1 amide bonds. The van der Waals surface area contributed by atoms with Crippen molar-refractivity contribution in [3.8, 4) is 35.3 Å². The van der Waals surface area contributed by atoms with E-state index in [1.807, 2.05) is 54.4 Å². The van der Waals surface area contributed by atoms with Crippen molar-refractivity contribution in [2.45, 2.75) is 26.2 Å². The number of carbonyl (C=O) groups excluding carboxylic acids is 1. The van der Waals surface area contributed by atoms with Crippen molar-refractivity contribution in [2.75, 3.05) is 19.7 Å². The van der Waals surface area contributed by atoms with E-state index in [0.717, 1.165) is 60.3 Å². The van der Waals surface area contributed by atoms with E-state index in [9.17, 15) is 10.1 Å². The van der Waals surface area contributed by atoms with Gasteiger partial charge in [-0.05, 0) is 62.4 Å².